The molecule has 0 amide bonds. The molecule has 1 heterocycles. The molecule has 1 N–H and O–H groups in total. The smallest absolute Gasteiger partial charge is 0.178 e. The fourth-order valence-electron chi connectivity index (χ4n) is 2.19. The monoisotopic (exact) mass is 288 g/mol. The van der Waals surface area contributed by atoms with Crippen molar-refractivity contribution in [1.82, 2.24) is 9.55 Å². The van der Waals surface area contributed by atoms with Gasteiger partial charge < -0.3 is 9.55 Å². The summed E-state index contributed by atoms with van der Waals surface area (Å²) in [5.74, 6) is 0. The topological polar surface area (TPSA) is 20.7 Å². The molecule has 96 valence electrons. The lowest BCUT2D eigenvalue weighted by Gasteiger charge is -2.05. The van der Waals surface area contributed by atoms with Crippen molar-refractivity contribution in [2.75, 3.05) is 0 Å². The Morgan fingerprint density at radius 2 is 1.89 bits per heavy atom. The van der Waals surface area contributed by atoms with Crippen molar-refractivity contribution in [1.29, 1.82) is 0 Å². The number of nitrogens with zero attached hydrogens (tertiary/aromatic N) is 1. The van der Waals surface area contributed by atoms with Crippen LogP contribution in [0.4, 0.5) is 0 Å². The van der Waals surface area contributed by atoms with E-state index >= 15 is 0 Å². The lowest BCUT2D eigenvalue weighted by Crippen LogP contribution is -1.99. The van der Waals surface area contributed by atoms with Gasteiger partial charge in [-0.2, -0.15) is 0 Å². The SMILES string of the molecule is Cc1ccc2[nH]c(=S)n(Cc3ccc(Cl)cc3)c2c1. The van der Waals surface area contributed by atoms with Crippen LogP contribution < -0.4 is 0 Å². The third-order valence-electron chi connectivity index (χ3n) is 3.18. The summed E-state index contributed by atoms with van der Waals surface area (Å²) >= 11 is 11.3. The molecule has 0 unspecified atom stereocenters. The van der Waals surface area contributed by atoms with E-state index in [1.165, 1.54) is 11.1 Å². The molecule has 4 heteroatoms. The molecule has 19 heavy (non-hydrogen) atoms. The minimum Gasteiger partial charge on any atom is -0.331 e. The van der Waals surface area contributed by atoms with Gasteiger partial charge >= 0.3 is 0 Å². The van der Waals surface area contributed by atoms with Crippen molar-refractivity contribution < 1.29 is 0 Å². The molecule has 0 saturated carbocycles. The number of halogens is 1. The van der Waals surface area contributed by atoms with Crippen LogP contribution >= 0.6 is 23.8 Å². The van der Waals surface area contributed by atoms with Gasteiger partial charge in [-0.25, -0.2) is 0 Å². The number of fused-ring (bicyclic) bond motifs is 1. The summed E-state index contributed by atoms with van der Waals surface area (Å²) in [6.45, 7) is 2.83. The first kappa shape index (κ1) is 12.5. The average molecular weight is 289 g/mol. The normalized spacial score (nSPS) is 11.1. The van der Waals surface area contributed by atoms with E-state index in [2.05, 4.69) is 34.7 Å². The Labute approximate surface area is 121 Å². The van der Waals surface area contributed by atoms with E-state index in [9.17, 15) is 0 Å². The van der Waals surface area contributed by atoms with Gasteiger partial charge in [0.25, 0.3) is 0 Å². The molecule has 0 atom stereocenters. The number of nitrogens with one attached hydrogen (secondary N) is 1. The molecule has 0 fully saturated rings. The van der Waals surface area contributed by atoms with Crippen molar-refractivity contribution in [2.45, 2.75) is 13.5 Å². The number of hydrogen-bond donors (Lipinski definition) is 1. The maximum Gasteiger partial charge on any atom is 0.178 e. The summed E-state index contributed by atoms with van der Waals surface area (Å²) in [5.41, 5.74) is 4.62. The predicted octanol–water partition coefficient (Wildman–Crippen LogP) is 4.71. The van der Waals surface area contributed by atoms with Gasteiger partial charge in [-0.05, 0) is 54.5 Å². The largest absolute Gasteiger partial charge is 0.331 e. The van der Waals surface area contributed by atoms with Crippen LogP contribution in [0.25, 0.3) is 11.0 Å². The molecule has 3 aromatic rings. The number of imidazole rings is 1. The lowest BCUT2D eigenvalue weighted by molar-refractivity contribution is 0.810. The van der Waals surface area contributed by atoms with Gasteiger partial charge in [0.1, 0.15) is 0 Å². The molecule has 2 aromatic carbocycles. The van der Waals surface area contributed by atoms with Crippen LogP contribution in [0.2, 0.25) is 5.02 Å². The quantitative estimate of drug-likeness (QED) is 0.677. The maximum absolute atomic E-state index is 5.91. The number of hydrogen-bond acceptors (Lipinski definition) is 1. The fraction of sp³-hybridized carbons (Fsp3) is 0.133. The third-order valence-corrected chi connectivity index (χ3v) is 3.76. The summed E-state index contributed by atoms with van der Waals surface area (Å²) < 4.78 is 2.86. The Morgan fingerprint density at radius 1 is 1.16 bits per heavy atom. The van der Waals surface area contributed by atoms with Crippen molar-refractivity contribution in [3.63, 3.8) is 0 Å². The van der Waals surface area contributed by atoms with Crippen LogP contribution in [0, 0.1) is 11.7 Å². The van der Waals surface area contributed by atoms with Crippen LogP contribution in [-0.4, -0.2) is 9.55 Å². The van der Waals surface area contributed by atoms with Crippen LogP contribution in [0.15, 0.2) is 42.5 Å². The Kier molecular flexibility index (Phi) is 3.17. The van der Waals surface area contributed by atoms with Gasteiger partial charge in [-0.15, -0.1) is 0 Å². The van der Waals surface area contributed by atoms with Gasteiger partial charge in [0.2, 0.25) is 0 Å². The summed E-state index contributed by atoms with van der Waals surface area (Å²) in [5, 5.41) is 0.752. The first-order chi connectivity index (χ1) is 9.13. The van der Waals surface area contributed by atoms with Crippen LogP contribution in [0.1, 0.15) is 11.1 Å². The van der Waals surface area contributed by atoms with Gasteiger partial charge in [-0.3, -0.25) is 0 Å². The van der Waals surface area contributed by atoms with Gasteiger partial charge in [-0.1, -0.05) is 29.8 Å². The van der Waals surface area contributed by atoms with E-state index in [0.717, 1.165) is 27.4 Å². The highest BCUT2D eigenvalue weighted by atomic mass is 35.5. The second-order valence-electron chi connectivity index (χ2n) is 4.66. The molecule has 0 bridgehead atoms. The van der Waals surface area contributed by atoms with E-state index < -0.39 is 0 Å². The maximum atomic E-state index is 5.91. The summed E-state index contributed by atoms with van der Waals surface area (Å²) in [6, 6.07) is 14.2. The molecule has 0 saturated heterocycles. The first-order valence-electron chi connectivity index (χ1n) is 6.07. The van der Waals surface area contributed by atoms with Gasteiger partial charge in [0, 0.05) is 5.02 Å². The molecule has 0 spiro atoms. The highest BCUT2D eigenvalue weighted by Crippen LogP contribution is 2.18. The Hall–Kier alpha value is -1.58. The molecule has 0 aliphatic heterocycles. The van der Waals surface area contributed by atoms with Crippen LogP contribution in [0.3, 0.4) is 0 Å². The molecule has 1 aromatic heterocycles. The second kappa shape index (κ2) is 4.83. The average Bonchev–Trinajstić information content (AvgIpc) is 2.69. The van der Waals surface area contributed by atoms with Gasteiger partial charge in [0.15, 0.2) is 4.77 Å². The van der Waals surface area contributed by atoms with Crippen molar-refractivity contribution in [3.8, 4) is 0 Å². The minimum atomic E-state index is 0.746. The fourth-order valence-corrected chi connectivity index (χ4v) is 2.59. The van der Waals surface area contributed by atoms with E-state index in [1.54, 1.807) is 0 Å². The Bertz CT molecular complexity index is 784. The lowest BCUT2D eigenvalue weighted by atomic mass is 10.2. The highest BCUT2D eigenvalue weighted by molar-refractivity contribution is 7.71. The van der Waals surface area contributed by atoms with Crippen molar-refractivity contribution >= 4 is 34.9 Å². The summed E-state index contributed by atoms with van der Waals surface area (Å²) in [7, 11) is 0. The zero-order valence-electron chi connectivity index (χ0n) is 10.5. The van der Waals surface area contributed by atoms with E-state index in [4.69, 9.17) is 23.8 Å². The zero-order chi connectivity index (χ0) is 13.4. The van der Waals surface area contributed by atoms with Gasteiger partial charge in [0.05, 0.1) is 17.6 Å². The number of aromatic amines is 1. The zero-order valence-corrected chi connectivity index (χ0v) is 12.1. The molecule has 0 radical (unpaired) electrons. The molecule has 0 aliphatic rings. The summed E-state index contributed by atoms with van der Waals surface area (Å²) in [4.78, 5) is 3.24. The van der Waals surface area contributed by atoms with E-state index in [-0.39, 0.29) is 0 Å². The van der Waals surface area contributed by atoms with Crippen molar-refractivity contribution in [2.24, 2.45) is 0 Å². The number of benzene rings is 2. The summed E-state index contributed by atoms with van der Waals surface area (Å²) in [6.07, 6.45) is 0. The van der Waals surface area contributed by atoms with Crippen molar-refractivity contribution in [3.05, 3.63) is 63.4 Å². The van der Waals surface area contributed by atoms with E-state index in [1.807, 2.05) is 24.3 Å². The number of rotatable bonds is 2. The Balaban J connectivity index is 2.09. The number of aryl methyl sites for hydroxylation is 1. The molecular weight excluding hydrogens is 276 g/mol. The highest BCUT2D eigenvalue weighted by Gasteiger charge is 2.05. The molecule has 2 nitrogen and oxygen atoms in total. The molecule has 3 rings (SSSR count). The van der Waals surface area contributed by atoms with E-state index in [0.29, 0.717) is 0 Å². The second-order valence-corrected chi connectivity index (χ2v) is 5.49. The number of aromatic nitrogens is 2. The standard InChI is InChI=1S/C15H13ClN2S/c1-10-2-7-13-14(8-10)18(15(19)17-13)9-11-3-5-12(16)6-4-11/h2-8H,9H2,1H3,(H,17,19). The molecular formula is C15H13ClN2S. The molecule has 0 aliphatic carbocycles. The van der Waals surface area contributed by atoms with Crippen LogP contribution in [-0.2, 0) is 6.54 Å². The van der Waals surface area contributed by atoms with Crippen LogP contribution in [0.5, 0.6) is 0 Å². The Morgan fingerprint density at radius 3 is 2.63 bits per heavy atom. The first-order valence-corrected chi connectivity index (χ1v) is 6.86. The predicted molar refractivity (Wildman–Crippen MR) is 82.4 cm³/mol. The minimum absolute atomic E-state index is 0.746. The number of H-pyrrole nitrogens is 1. The third kappa shape index (κ3) is 2.44.